The maximum Gasteiger partial charge on any atom is 0.322 e. The minimum Gasteiger partial charge on any atom is -0.493 e. The van der Waals surface area contributed by atoms with Crippen molar-refractivity contribution < 1.29 is 14.3 Å². The van der Waals surface area contributed by atoms with Gasteiger partial charge in [-0.1, -0.05) is 6.07 Å². The van der Waals surface area contributed by atoms with Gasteiger partial charge < -0.3 is 24.3 Å². The lowest BCUT2D eigenvalue weighted by Crippen LogP contribution is -2.40. The number of likely N-dealkylation sites (N-methyl/N-ethyl adjacent to an activating group) is 1. The summed E-state index contributed by atoms with van der Waals surface area (Å²) in [5, 5.41) is 3.04. The third kappa shape index (κ3) is 7.21. The molecule has 1 aromatic carbocycles. The van der Waals surface area contributed by atoms with Crippen LogP contribution in [0.25, 0.3) is 0 Å². The van der Waals surface area contributed by atoms with Crippen LogP contribution in [0.1, 0.15) is 17.7 Å². The van der Waals surface area contributed by atoms with E-state index in [2.05, 4.69) is 24.8 Å². The number of anilines is 1. The van der Waals surface area contributed by atoms with E-state index < -0.39 is 0 Å². The number of methoxy groups -OCH3 is 1. The number of pyridine rings is 1. The van der Waals surface area contributed by atoms with Gasteiger partial charge in [-0.05, 0) is 51.2 Å². The summed E-state index contributed by atoms with van der Waals surface area (Å²) in [6.45, 7) is 5.06. The van der Waals surface area contributed by atoms with Crippen LogP contribution < -0.4 is 19.7 Å². The molecule has 2 aromatic heterocycles. The Hall–Kier alpha value is -3.59. The van der Waals surface area contributed by atoms with Crippen LogP contribution in [0.15, 0.2) is 55.2 Å². The number of hydrogen-bond acceptors (Lipinski definition) is 6. The molecular weight excluding hydrogens is 432 g/mol. The molecule has 2 heterocycles. The second-order valence-electron chi connectivity index (χ2n) is 8.25. The van der Waals surface area contributed by atoms with Gasteiger partial charge in [0, 0.05) is 55.7 Å². The quantitative estimate of drug-likeness (QED) is 0.412. The molecule has 9 nitrogen and oxygen atoms in total. The van der Waals surface area contributed by atoms with Crippen LogP contribution in [0.3, 0.4) is 0 Å². The van der Waals surface area contributed by atoms with Crippen LogP contribution in [0, 0.1) is 6.92 Å². The zero-order valence-corrected chi connectivity index (χ0v) is 20.4. The summed E-state index contributed by atoms with van der Waals surface area (Å²) in [5.41, 5.74) is 2.74. The van der Waals surface area contributed by atoms with E-state index in [0.29, 0.717) is 36.9 Å². The third-order valence-electron chi connectivity index (χ3n) is 5.34. The van der Waals surface area contributed by atoms with Gasteiger partial charge in [-0.2, -0.15) is 0 Å². The monoisotopic (exact) mass is 466 g/mol. The molecule has 34 heavy (non-hydrogen) atoms. The van der Waals surface area contributed by atoms with Crippen molar-refractivity contribution in [2.75, 3.05) is 45.8 Å². The first-order valence-corrected chi connectivity index (χ1v) is 11.3. The average Bonchev–Trinajstić information content (AvgIpc) is 3.25. The Morgan fingerprint density at radius 2 is 2.00 bits per heavy atom. The second-order valence-corrected chi connectivity index (χ2v) is 8.25. The number of benzene rings is 1. The van der Waals surface area contributed by atoms with Gasteiger partial charge >= 0.3 is 6.03 Å². The van der Waals surface area contributed by atoms with E-state index in [4.69, 9.17) is 9.47 Å². The number of carbonyl (C=O) groups is 1. The molecular formula is C25H34N6O3. The molecule has 182 valence electrons. The average molecular weight is 467 g/mol. The molecule has 1 N–H and O–H groups in total. The first-order valence-electron chi connectivity index (χ1n) is 11.3. The summed E-state index contributed by atoms with van der Waals surface area (Å²) >= 11 is 0. The van der Waals surface area contributed by atoms with E-state index in [1.165, 1.54) is 0 Å². The zero-order chi connectivity index (χ0) is 24.3. The molecule has 0 aliphatic rings. The fourth-order valence-corrected chi connectivity index (χ4v) is 3.40. The number of imidazole rings is 1. The number of rotatable bonds is 12. The summed E-state index contributed by atoms with van der Waals surface area (Å²) in [6, 6.07) is 9.17. The molecule has 0 fully saturated rings. The highest BCUT2D eigenvalue weighted by atomic mass is 16.5. The van der Waals surface area contributed by atoms with Crippen molar-refractivity contribution in [1.82, 2.24) is 24.8 Å². The molecule has 0 saturated heterocycles. The number of urea groups is 1. The number of aryl methyl sites for hydroxylation is 2. The smallest absolute Gasteiger partial charge is 0.322 e. The first kappa shape index (κ1) is 25.0. The number of hydrogen-bond donors (Lipinski definition) is 1. The van der Waals surface area contributed by atoms with Crippen molar-refractivity contribution in [3.63, 3.8) is 0 Å². The molecule has 0 aliphatic heterocycles. The highest BCUT2D eigenvalue weighted by Gasteiger charge is 2.18. The molecule has 0 atom stereocenters. The maximum absolute atomic E-state index is 13.2. The molecule has 0 saturated carbocycles. The molecule has 0 bridgehead atoms. The van der Waals surface area contributed by atoms with Crippen molar-refractivity contribution in [2.24, 2.45) is 0 Å². The fraction of sp³-hybridized carbons (Fsp3) is 0.400. The lowest BCUT2D eigenvalue weighted by atomic mass is 10.2. The second kappa shape index (κ2) is 12.6. The highest BCUT2D eigenvalue weighted by Crippen LogP contribution is 2.32. The van der Waals surface area contributed by atoms with Gasteiger partial charge in [0.1, 0.15) is 6.61 Å². The Morgan fingerprint density at radius 1 is 1.15 bits per heavy atom. The van der Waals surface area contributed by atoms with Gasteiger partial charge in [0.15, 0.2) is 11.5 Å². The Balaban J connectivity index is 1.71. The normalized spacial score (nSPS) is 10.9. The number of aromatic nitrogens is 3. The molecule has 0 radical (unpaired) electrons. The summed E-state index contributed by atoms with van der Waals surface area (Å²) in [4.78, 5) is 25.3. The number of nitrogens with zero attached hydrogens (tertiary/aromatic N) is 5. The van der Waals surface area contributed by atoms with Gasteiger partial charge in [0.25, 0.3) is 0 Å². The molecule has 0 aliphatic carbocycles. The Labute approximate surface area is 201 Å². The minimum absolute atomic E-state index is 0.186. The van der Waals surface area contributed by atoms with Gasteiger partial charge in [0.2, 0.25) is 0 Å². The summed E-state index contributed by atoms with van der Waals surface area (Å²) < 4.78 is 13.5. The standard InChI is InChI=1S/C25H34N6O3/c1-20-16-27-19-30(20)12-6-11-28-25(32)31(18-21-7-5-10-26-17-21)22-8-9-23(24(15-22)33-4)34-14-13-29(2)3/h5,7-10,15-17,19H,6,11-14,18H2,1-4H3,(H,28,32). The Morgan fingerprint density at radius 3 is 2.68 bits per heavy atom. The number of ether oxygens (including phenoxy) is 2. The lowest BCUT2D eigenvalue weighted by molar-refractivity contribution is 0.245. The van der Waals surface area contributed by atoms with E-state index in [-0.39, 0.29) is 6.03 Å². The van der Waals surface area contributed by atoms with Crippen molar-refractivity contribution >= 4 is 11.7 Å². The zero-order valence-electron chi connectivity index (χ0n) is 20.4. The fourth-order valence-electron chi connectivity index (χ4n) is 3.40. The number of amides is 2. The topological polar surface area (TPSA) is 84.8 Å². The van der Waals surface area contributed by atoms with Crippen molar-refractivity contribution in [2.45, 2.75) is 26.4 Å². The van der Waals surface area contributed by atoms with E-state index in [1.807, 2.05) is 57.5 Å². The van der Waals surface area contributed by atoms with Crippen LogP contribution in [0.5, 0.6) is 11.5 Å². The summed E-state index contributed by atoms with van der Waals surface area (Å²) in [6.07, 6.45) is 7.91. The van der Waals surface area contributed by atoms with Crippen molar-refractivity contribution in [3.8, 4) is 11.5 Å². The first-order chi connectivity index (χ1) is 16.5. The van der Waals surface area contributed by atoms with Crippen LogP contribution in [-0.2, 0) is 13.1 Å². The van der Waals surface area contributed by atoms with E-state index in [1.54, 1.807) is 30.7 Å². The molecule has 3 rings (SSSR count). The van der Waals surface area contributed by atoms with E-state index in [0.717, 1.165) is 30.8 Å². The SMILES string of the molecule is COc1cc(N(Cc2cccnc2)C(=O)NCCCn2cncc2C)ccc1OCCN(C)C. The van der Waals surface area contributed by atoms with Gasteiger partial charge in [-0.25, -0.2) is 9.78 Å². The highest BCUT2D eigenvalue weighted by molar-refractivity contribution is 5.92. The number of nitrogens with one attached hydrogen (secondary N) is 1. The maximum atomic E-state index is 13.2. The van der Waals surface area contributed by atoms with Crippen LogP contribution >= 0.6 is 0 Å². The van der Waals surface area contributed by atoms with Crippen LogP contribution in [-0.4, -0.2) is 66.4 Å². The largest absolute Gasteiger partial charge is 0.493 e. The predicted molar refractivity (Wildman–Crippen MR) is 132 cm³/mol. The van der Waals surface area contributed by atoms with Crippen LogP contribution in [0.4, 0.5) is 10.5 Å². The van der Waals surface area contributed by atoms with Crippen molar-refractivity contribution in [1.29, 1.82) is 0 Å². The third-order valence-corrected chi connectivity index (χ3v) is 5.34. The number of carbonyl (C=O) groups excluding carboxylic acids is 1. The van der Waals surface area contributed by atoms with E-state index >= 15 is 0 Å². The summed E-state index contributed by atoms with van der Waals surface area (Å²) in [5.74, 6) is 1.22. The Kier molecular flexibility index (Phi) is 9.28. The molecule has 0 unspecified atom stereocenters. The summed E-state index contributed by atoms with van der Waals surface area (Å²) in [7, 11) is 5.59. The van der Waals surface area contributed by atoms with E-state index in [9.17, 15) is 4.79 Å². The molecule has 0 spiro atoms. The lowest BCUT2D eigenvalue weighted by Gasteiger charge is -2.24. The Bertz CT molecular complexity index is 1040. The van der Waals surface area contributed by atoms with Crippen LogP contribution in [0.2, 0.25) is 0 Å². The predicted octanol–water partition coefficient (Wildman–Crippen LogP) is 3.34. The minimum atomic E-state index is -0.186. The van der Waals surface area contributed by atoms with Crippen molar-refractivity contribution in [3.05, 3.63) is 66.5 Å². The van der Waals surface area contributed by atoms with Gasteiger partial charge in [-0.3, -0.25) is 9.88 Å². The molecule has 2 amide bonds. The van der Waals surface area contributed by atoms with Gasteiger partial charge in [0.05, 0.1) is 20.0 Å². The molecule has 3 aromatic rings. The van der Waals surface area contributed by atoms with Gasteiger partial charge in [-0.15, -0.1) is 0 Å². The molecule has 9 heteroatoms.